The monoisotopic (exact) mass is 438 g/mol. The third-order valence-corrected chi connectivity index (χ3v) is 5.72. The molecular formula is C24H30N4O4. The number of carbonyl (C=O) groups excluding carboxylic acids is 2. The van der Waals surface area contributed by atoms with Crippen molar-refractivity contribution in [2.75, 3.05) is 31.6 Å². The van der Waals surface area contributed by atoms with Gasteiger partial charge in [-0.1, -0.05) is 12.1 Å². The Morgan fingerprint density at radius 3 is 2.38 bits per heavy atom. The normalized spacial score (nSPS) is 20.1. The maximum atomic E-state index is 13.1. The van der Waals surface area contributed by atoms with E-state index in [0.29, 0.717) is 30.9 Å². The fourth-order valence-corrected chi connectivity index (χ4v) is 4.02. The summed E-state index contributed by atoms with van der Waals surface area (Å²) in [6.07, 6.45) is 5.78. The van der Waals surface area contributed by atoms with Crippen molar-refractivity contribution < 1.29 is 19.1 Å². The Hall–Kier alpha value is -2.97. The summed E-state index contributed by atoms with van der Waals surface area (Å²) < 4.78 is 11.5. The number of anilines is 1. The van der Waals surface area contributed by atoms with Crippen LogP contribution < -0.4 is 10.6 Å². The number of aromatic nitrogens is 1. The van der Waals surface area contributed by atoms with Gasteiger partial charge in [0.05, 0.1) is 24.4 Å². The number of benzene rings is 1. The Balaban J connectivity index is 1.37. The number of amides is 3. The lowest BCUT2D eigenvalue weighted by atomic mass is 10.2. The second-order valence-electron chi connectivity index (χ2n) is 8.19. The summed E-state index contributed by atoms with van der Waals surface area (Å²) >= 11 is 0. The molecule has 170 valence electrons. The molecule has 2 unspecified atom stereocenters. The van der Waals surface area contributed by atoms with Gasteiger partial charge >= 0.3 is 6.03 Å². The van der Waals surface area contributed by atoms with Gasteiger partial charge in [-0.05, 0) is 56.0 Å². The van der Waals surface area contributed by atoms with Crippen LogP contribution in [-0.2, 0) is 16.0 Å². The molecule has 4 rings (SSSR count). The lowest BCUT2D eigenvalue weighted by Gasteiger charge is -2.28. The minimum atomic E-state index is -0.220. The minimum Gasteiger partial charge on any atom is -0.376 e. The van der Waals surface area contributed by atoms with Crippen LogP contribution in [0.1, 0.15) is 41.7 Å². The van der Waals surface area contributed by atoms with Crippen LogP contribution in [0, 0.1) is 0 Å². The van der Waals surface area contributed by atoms with Crippen molar-refractivity contribution in [3.63, 3.8) is 0 Å². The largest absolute Gasteiger partial charge is 0.376 e. The minimum absolute atomic E-state index is 0.0610. The molecule has 1 aromatic carbocycles. The summed E-state index contributed by atoms with van der Waals surface area (Å²) in [4.78, 5) is 31.6. The molecular weight excluding hydrogens is 408 g/mol. The average molecular weight is 439 g/mol. The number of hydrogen-bond donors (Lipinski definition) is 2. The summed E-state index contributed by atoms with van der Waals surface area (Å²) in [6.45, 7) is 2.91. The molecule has 8 heteroatoms. The highest BCUT2D eigenvalue weighted by Crippen LogP contribution is 2.19. The van der Waals surface area contributed by atoms with E-state index in [4.69, 9.17) is 9.47 Å². The van der Waals surface area contributed by atoms with Crippen LogP contribution in [-0.4, -0.2) is 60.3 Å². The number of rotatable bonds is 8. The van der Waals surface area contributed by atoms with Gasteiger partial charge in [0.15, 0.2) is 0 Å². The van der Waals surface area contributed by atoms with Crippen LogP contribution in [0.15, 0.2) is 48.7 Å². The molecule has 2 atom stereocenters. The Morgan fingerprint density at radius 2 is 1.75 bits per heavy atom. The highest BCUT2D eigenvalue weighted by atomic mass is 16.5. The summed E-state index contributed by atoms with van der Waals surface area (Å²) in [7, 11) is 0. The molecule has 2 aromatic rings. The second-order valence-corrected chi connectivity index (χ2v) is 8.19. The molecule has 3 heterocycles. The maximum Gasteiger partial charge on any atom is 0.322 e. The Labute approximate surface area is 188 Å². The van der Waals surface area contributed by atoms with Crippen LogP contribution in [0.4, 0.5) is 10.5 Å². The number of nitrogens with zero attached hydrogens (tertiary/aromatic N) is 2. The number of urea groups is 1. The summed E-state index contributed by atoms with van der Waals surface area (Å²) in [5.41, 5.74) is 1.83. The Bertz CT molecular complexity index is 878. The highest BCUT2D eigenvalue weighted by Gasteiger charge is 2.27. The van der Waals surface area contributed by atoms with E-state index in [9.17, 15) is 9.59 Å². The van der Waals surface area contributed by atoms with Crippen LogP contribution in [0.25, 0.3) is 0 Å². The molecule has 2 N–H and O–H groups in total. The molecule has 3 amide bonds. The van der Waals surface area contributed by atoms with Gasteiger partial charge in [0.1, 0.15) is 0 Å². The first kappa shape index (κ1) is 22.2. The standard InChI is InChI=1S/C24H30N4O4/c29-23(26-15-20-7-1-2-11-25-20)18-6-3-8-19(14-18)27-24(30)28(16-21-9-4-12-31-21)17-22-10-5-13-32-22/h1-3,6-8,11,14,21-22H,4-5,9-10,12-13,15-17H2,(H,26,29)(H,27,30). The molecule has 8 nitrogen and oxygen atoms in total. The second kappa shape index (κ2) is 11.1. The number of nitrogens with one attached hydrogen (secondary N) is 2. The third kappa shape index (κ3) is 6.27. The van der Waals surface area contributed by atoms with E-state index in [2.05, 4.69) is 15.6 Å². The van der Waals surface area contributed by atoms with Gasteiger partial charge in [-0.15, -0.1) is 0 Å². The molecule has 2 fully saturated rings. The quantitative estimate of drug-likeness (QED) is 0.660. The zero-order valence-electron chi connectivity index (χ0n) is 18.2. The van der Waals surface area contributed by atoms with Crippen molar-refractivity contribution in [1.82, 2.24) is 15.2 Å². The van der Waals surface area contributed by atoms with E-state index in [-0.39, 0.29) is 24.1 Å². The van der Waals surface area contributed by atoms with Gasteiger partial charge in [-0.2, -0.15) is 0 Å². The predicted molar refractivity (Wildman–Crippen MR) is 120 cm³/mol. The van der Waals surface area contributed by atoms with Crippen molar-refractivity contribution in [3.05, 3.63) is 59.9 Å². The van der Waals surface area contributed by atoms with E-state index in [1.807, 2.05) is 18.2 Å². The summed E-state index contributed by atoms with van der Waals surface area (Å²) in [5.74, 6) is -0.220. The van der Waals surface area contributed by atoms with Crippen molar-refractivity contribution in [2.24, 2.45) is 0 Å². The van der Waals surface area contributed by atoms with Crippen molar-refractivity contribution >= 4 is 17.6 Å². The number of carbonyl (C=O) groups is 2. The van der Waals surface area contributed by atoms with E-state index in [1.165, 1.54) is 0 Å². The van der Waals surface area contributed by atoms with Crippen LogP contribution in [0.2, 0.25) is 0 Å². The zero-order chi connectivity index (χ0) is 22.2. The number of pyridine rings is 1. The lowest BCUT2D eigenvalue weighted by Crippen LogP contribution is -2.44. The fraction of sp³-hybridized carbons (Fsp3) is 0.458. The van der Waals surface area contributed by atoms with Crippen molar-refractivity contribution in [3.8, 4) is 0 Å². The van der Waals surface area contributed by atoms with Crippen LogP contribution in [0.5, 0.6) is 0 Å². The fourth-order valence-electron chi connectivity index (χ4n) is 4.02. The third-order valence-electron chi connectivity index (χ3n) is 5.72. The van der Waals surface area contributed by atoms with Crippen molar-refractivity contribution in [2.45, 2.75) is 44.4 Å². The van der Waals surface area contributed by atoms with Gasteiger partial charge in [-0.25, -0.2) is 4.79 Å². The summed E-state index contributed by atoms with van der Waals surface area (Å²) in [5, 5.41) is 5.80. The topological polar surface area (TPSA) is 92.8 Å². The predicted octanol–water partition coefficient (Wildman–Crippen LogP) is 3.20. The smallest absolute Gasteiger partial charge is 0.322 e. The Kier molecular flexibility index (Phi) is 7.68. The molecule has 2 saturated heterocycles. The molecule has 0 spiro atoms. The zero-order valence-corrected chi connectivity index (χ0v) is 18.2. The average Bonchev–Trinajstić information content (AvgIpc) is 3.52. The van der Waals surface area contributed by atoms with Gasteiger partial charge in [0.25, 0.3) is 5.91 Å². The molecule has 32 heavy (non-hydrogen) atoms. The van der Waals surface area contributed by atoms with E-state index in [1.54, 1.807) is 35.4 Å². The van der Waals surface area contributed by atoms with Gasteiger partial charge < -0.3 is 25.0 Å². The van der Waals surface area contributed by atoms with Gasteiger partial charge in [0.2, 0.25) is 0 Å². The van der Waals surface area contributed by atoms with Crippen LogP contribution in [0.3, 0.4) is 0 Å². The summed E-state index contributed by atoms with van der Waals surface area (Å²) in [6, 6.07) is 12.3. The molecule has 0 aliphatic carbocycles. The molecule has 1 aromatic heterocycles. The van der Waals surface area contributed by atoms with E-state index < -0.39 is 0 Å². The highest BCUT2D eigenvalue weighted by molar-refractivity contribution is 5.96. The number of ether oxygens (including phenoxy) is 2. The SMILES string of the molecule is O=C(NCc1ccccn1)c1cccc(NC(=O)N(CC2CCCO2)CC2CCCO2)c1. The Morgan fingerprint density at radius 1 is 1.00 bits per heavy atom. The van der Waals surface area contributed by atoms with Crippen LogP contribution >= 0.6 is 0 Å². The first-order chi connectivity index (χ1) is 15.7. The number of hydrogen-bond acceptors (Lipinski definition) is 5. The van der Waals surface area contributed by atoms with Gasteiger partial charge in [0, 0.05) is 43.8 Å². The van der Waals surface area contributed by atoms with Crippen molar-refractivity contribution in [1.29, 1.82) is 0 Å². The molecule has 0 radical (unpaired) electrons. The first-order valence-electron chi connectivity index (χ1n) is 11.2. The van der Waals surface area contributed by atoms with E-state index >= 15 is 0 Å². The van der Waals surface area contributed by atoms with E-state index in [0.717, 1.165) is 44.6 Å². The first-order valence-corrected chi connectivity index (χ1v) is 11.2. The molecule has 2 aliphatic rings. The maximum absolute atomic E-state index is 13.1. The van der Waals surface area contributed by atoms with Gasteiger partial charge in [-0.3, -0.25) is 9.78 Å². The molecule has 0 bridgehead atoms. The lowest BCUT2D eigenvalue weighted by molar-refractivity contribution is 0.0524. The molecule has 0 saturated carbocycles. The molecule has 2 aliphatic heterocycles.